The van der Waals surface area contributed by atoms with Gasteiger partial charge in [-0.2, -0.15) is 0 Å². The predicted octanol–water partition coefficient (Wildman–Crippen LogP) is 1.59. The lowest BCUT2D eigenvalue weighted by Gasteiger charge is -2.52. The number of nitrogens with two attached hydrogens (primary N) is 1. The Labute approximate surface area is 117 Å². The first-order valence-corrected chi connectivity index (χ1v) is 7.71. The largest absolute Gasteiger partial charge is 0.337 e. The van der Waals surface area contributed by atoms with Crippen LogP contribution in [0.4, 0.5) is 0 Å². The van der Waals surface area contributed by atoms with Gasteiger partial charge in [0.2, 0.25) is 5.91 Å². The maximum atomic E-state index is 12.7. The topological polar surface area (TPSA) is 49.6 Å². The summed E-state index contributed by atoms with van der Waals surface area (Å²) >= 11 is 0. The van der Waals surface area contributed by atoms with E-state index in [2.05, 4.69) is 30.7 Å². The van der Waals surface area contributed by atoms with Crippen molar-refractivity contribution in [2.45, 2.75) is 70.0 Å². The van der Waals surface area contributed by atoms with Gasteiger partial charge in [0.15, 0.2) is 0 Å². The Balaban J connectivity index is 2.16. The first kappa shape index (κ1) is 14.8. The highest BCUT2D eigenvalue weighted by Gasteiger charge is 2.44. The molecule has 2 rings (SSSR count). The molecule has 0 radical (unpaired) electrons. The van der Waals surface area contributed by atoms with Gasteiger partial charge in [-0.25, -0.2) is 0 Å². The third-order valence-corrected chi connectivity index (χ3v) is 5.00. The van der Waals surface area contributed by atoms with E-state index in [-0.39, 0.29) is 11.6 Å². The molecule has 1 unspecified atom stereocenters. The van der Waals surface area contributed by atoms with Crippen LogP contribution in [0.3, 0.4) is 0 Å². The van der Waals surface area contributed by atoms with Crippen LogP contribution in [0.5, 0.6) is 0 Å². The molecule has 1 atom stereocenters. The Hall–Kier alpha value is -0.610. The molecule has 1 aliphatic heterocycles. The summed E-state index contributed by atoms with van der Waals surface area (Å²) in [5.41, 5.74) is 5.75. The Morgan fingerprint density at radius 2 is 1.89 bits per heavy atom. The highest BCUT2D eigenvalue weighted by Crippen LogP contribution is 2.31. The minimum atomic E-state index is -0.0318. The van der Waals surface area contributed by atoms with Gasteiger partial charge >= 0.3 is 0 Å². The van der Waals surface area contributed by atoms with E-state index in [1.807, 2.05) is 0 Å². The lowest BCUT2D eigenvalue weighted by Crippen LogP contribution is -2.67. The molecule has 19 heavy (non-hydrogen) atoms. The maximum Gasteiger partial charge on any atom is 0.240 e. The highest BCUT2D eigenvalue weighted by atomic mass is 16.2. The van der Waals surface area contributed by atoms with Crippen LogP contribution in [0, 0.1) is 0 Å². The van der Waals surface area contributed by atoms with E-state index >= 15 is 0 Å². The highest BCUT2D eigenvalue weighted by molar-refractivity contribution is 5.83. The Kier molecular flexibility index (Phi) is 4.51. The van der Waals surface area contributed by atoms with Crippen molar-refractivity contribution in [3.63, 3.8) is 0 Å². The number of amides is 1. The lowest BCUT2D eigenvalue weighted by molar-refractivity contribution is -0.152. The van der Waals surface area contributed by atoms with Crippen molar-refractivity contribution in [3.8, 4) is 0 Å². The van der Waals surface area contributed by atoms with Crippen LogP contribution >= 0.6 is 0 Å². The van der Waals surface area contributed by atoms with Crippen molar-refractivity contribution in [2.24, 2.45) is 5.73 Å². The van der Waals surface area contributed by atoms with Crippen LogP contribution in [0.25, 0.3) is 0 Å². The van der Waals surface area contributed by atoms with E-state index in [9.17, 15) is 4.79 Å². The van der Waals surface area contributed by atoms with Gasteiger partial charge in [-0.05, 0) is 46.7 Å². The quantitative estimate of drug-likeness (QED) is 0.845. The minimum absolute atomic E-state index is 0.0318. The minimum Gasteiger partial charge on any atom is -0.337 e. The van der Waals surface area contributed by atoms with Crippen LogP contribution in [-0.4, -0.2) is 53.5 Å². The molecule has 4 nitrogen and oxygen atoms in total. The van der Waals surface area contributed by atoms with E-state index in [4.69, 9.17) is 5.73 Å². The molecule has 1 heterocycles. The number of carbonyl (C=O) groups excluding carboxylic acids is 1. The van der Waals surface area contributed by atoms with Gasteiger partial charge in [0.1, 0.15) is 0 Å². The van der Waals surface area contributed by atoms with Crippen molar-refractivity contribution in [1.82, 2.24) is 9.80 Å². The van der Waals surface area contributed by atoms with Crippen LogP contribution in [0.2, 0.25) is 0 Å². The van der Waals surface area contributed by atoms with Crippen LogP contribution in [0.1, 0.15) is 52.4 Å². The van der Waals surface area contributed by atoms with Crippen molar-refractivity contribution < 1.29 is 4.79 Å². The van der Waals surface area contributed by atoms with Crippen molar-refractivity contribution in [2.75, 3.05) is 20.1 Å². The standard InChI is InChI=1S/C15H29N3O/c1-15(2)11-18(12-7-5-4-6-8-12)14(19)13(9-10-16)17(15)3/h12-13H,4-11,16H2,1-3H3. The SMILES string of the molecule is CN1C(CCN)C(=O)N(C2CCCCC2)CC1(C)C. The molecular weight excluding hydrogens is 238 g/mol. The molecule has 0 aromatic carbocycles. The molecule has 2 N–H and O–H groups in total. The number of nitrogens with zero attached hydrogens (tertiary/aromatic N) is 2. The van der Waals surface area contributed by atoms with Gasteiger partial charge in [-0.3, -0.25) is 9.69 Å². The maximum absolute atomic E-state index is 12.7. The van der Waals surface area contributed by atoms with Gasteiger partial charge in [0, 0.05) is 18.1 Å². The molecule has 1 saturated heterocycles. The number of carbonyl (C=O) groups is 1. The Morgan fingerprint density at radius 3 is 2.47 bits per heavy atom. The summed E-state index contributed by atoms with van der Waals surface area (Å²) < 4.78 is 0. The fraction of sp³-hybridized carbons (Fsp3) is 0.933. The summed E-state index contributed by atoms with van der Waals surface area (Å²) in [6.07, 6.45) is 7.00. The van der Waals surface area contributed by atoms with Gasteiger partial charge in [-0.1, -0.05) is 19.3 Å². The fourth-order valence-electron chi connectivity index (χ4n) is 3.56. The molecule has 0 aromatic heterocycles. The Bertz CT molecular complexity index is 323. The smallest absolute Gasteiger partial charge is 0.240 e. The third-order valence-electron chi connectivity index (χ3n) is 5.00. The summed E-state index contributed by atoms with van der Waals surface area (Å²) in [5.74, 6) is 0.305. The van der Waals surface area contributed by atoms with E-state index in [1.54, 1.807) is 0 Å². The zero-order valence-electron chi connectivity index (χ0n) is 12.7. The number of likely N-dealkylation sites (N-methyl/N-ethyl adjacent to an activating group) is 1. The van der Waals surface area contributed by atoms with Crippen molar-refractivity contribution in [1.29, 1.82) is 0 Å². The summed E-state index contributed by atoms with van der Waals surface area (Å²) in [5, 5.41) is 0. The van der Waals surface area contributed by atoms with Gasteiger partial charge < -0.3 is 10.6 Å². The van der Waals surface area contributed by atoms with Gasteiger partial charge in [0.05, 0.1) is 6.04 Å². The second kappa shape index (κ2) is 5.80. The second-order valence-electron chi connectivity index (χ2n) is 6.77. The molecule has 0 bridgehead atoms. The van der Waals surface area contributed by atoms with Crippen LogP contribution < -0.4 is 5.73 Å². The van der Waals surface area contributed by atoms with Crippen LogP contribution in [0.15, 0.2) is 0 Å². The first-order chi connectivity index (χ1) is 8.97. The average molecular weight is 267 g/mol. The molecule has 2 fully saturated rings. The van der Waals surface area contributed by atoms with Gasteiger partial charge in [0.25, 0.3) is 0 Å². The van der Waals surface area contributed by atoms with E-state index in [0.717, 1.165) is 13.0 Å². The summed E-state index contributed by atoms with van der Waals surface area (Å²) in [6.45, 7) is 5.90. The number of piperazine rings is 1. The van der Waals surface area contributed by atoms with Gasteiger partial charge in [-0.15, -0.1) is 0 Å². The van der Waals surface area contributed by atoms with E-state index in [1.165, 1.54) is 32.1 Å². The second-order valence-corrected chi connectivity index (χ2v) is 6.77. The fourth-order valence-corrected chi connectivity index (χ4v) is 3.56. The molecule has 1 aliphatic carbocycles. The molecule has 2 aliphatic rings. The molecule has 0 aromatic rings. The third kappa shape index (κ3) is 2.95. The first-order valence-electron chi connectivity index (χ1n) is 7.71. The molecular formula is C15H29N3O. The summed E-state index contributed by atoms with van der Waals surface area (Å²) in [7, 11) is 2.07. The summed E-state index contributed by atoms with van der Waals surface area (Å²) in [6, 6.07) is 0.435. The monoisotopic (exact) mass is 267 g/mol. The molecule has 1 saturated carbocycles. The average Bonchev–Trinajstić information content (AvgIpc) is 2.40. The van der Waals surface area contributed by atoms with E-state index in [0.29, 0.717) is 18.5 Å². The molecule has 1 amide bonds. The predicted molar refractivity (Wildman–Crippen MR) is 77.9 cm³/mol. The van der Waals surface area contributed by atoms with E-state index < -0.39 is 0 Å². The number of hydrogen-bond donors (Lipinski definition) is 1. The van der Waals surface area contributed by atoms with Crippen LogP contribution in [-0.2, 0) is 4.79 Å². The lowest BCUT2D eigenvalue weighted by atomic mass is 9.88. The van der Waals surface area contributed by atoms with Crippen molar-refractivity contribution in [3.05, 3.63) is 0 Å². The zero-order chi connectivity index (χ0) is 14.0. The molecule has 110 valence electrons. The Morgan fingerprint density at radius 1 is 1.26 bits per heavy atom. The zero-order valence-corrected chi connectivity index (χ0v) is 12.7. The number of hydrogen-bond acceptors (Lipinski definition) is 3. The molecule has 4 heteroatoms. The molecule has 0 spiro atoms. The number of rotatable bonds is 3. The summed E-state index contributed by atoms with van der Waals surface area (Å²) in [4.78, 5) is 17.1. The normalized spacial score (nSPS) is 29.8. The van der Waals surface area contributed by atoms with Crippen molar-refractivity contribution >= 4 is 5.91 Å².